The standard InChI is InChI=1S/C14H12O3.Ca.2H/c1-10-4-2-3-5-13(10)17-12-8-6-11(7-9-12)14(15)16;;;/h2-9H,1H3,(H,15,16);;;. The van der Waals surface area contributed by atoms with Crippen molar-refractivity contribution in [1.29, 1.82) is 0 Å². The molecule has 0 fully saturated rings. The second-order valence-electron chi connectivity index (χ2n) is 3.70. The molecule has 0 aliphatic carbocycles. The van der Waals surface area contributed by atoms with E-state index in [0.717, 1.165) is 11.3 Å². The molecule has 0 bridgehead atoms. The SMILES string of the molecule is Cc1ccccc1Oc1ccc(C(=O)O)cc1.[CaH2]. The molecule has 90 valence electrons. The molecule has 0 spiro atoms. The third-order valence-corrected chi connectivity index (χ3v) is 2.42. The van der Waals surface area contributed by atoms with Crippen LogP contribution in [0.15, 0.2) is 48.5 Å². The number of carboxylic acid groups (broad SMARTS) is 1. The Balaban J connectivity index is 0.00000162. The molecule has 4 heteroatoms. The fraction of sp³-hybridized carbons (Fsp3) is 0.0714. The maximum absolute atomic E-state index is 10.7. The number of benzene rings is 2. The first-order valence-corrected chi connectivity index (χ1v) is 5.23. The van der Waals surface area contributed by atoms with Crippen LogP contribution in [0, 0.1) is 6.92 Å². The summed E-state index contributed by atoms with van der Waals surface area (Å²) >= 11 is 0. The number of hydrogen-bond acceptors (Lipinski definition) is 2. The van der Waals surface area contributed by atoms with Crippen LogP contribution in [-0.4, -0.2) is 48.8 Å². The van der Waals surface area contributed by atoms with Gasteiger partial charge in [-0.05, 0) is 42.8 Å². The molecule has 18 heavy (non-hydrogen) atoms. The molecular formula is C14H14CaO3. The van der Waals surface area contributed by atoms with Crippen molar-refractivity contribution in [2.45, 2.75) is 6.92 Å². The van der Waals surface area contributed by atoms with Crippen LogP contribution in [0.3, 0.4) is 0 Å². The molecule has 0 saturated heterocycles. The molecule has 3 nitrogen and oxygen atoms in total. The van der Waals surface area contributed by atoms with Gasteiger partial charge in [-0.15, -0.1) is 0 Å². The molecule has 2 aromatic rings. The van der Waals surface area contributed by atoms with Crippen molar-refractivity contribution in [2.24, 2.45) is 0 Å². The molecule has 0 unspecified atom stereocenters. The third-order valence-electron chi connectivity index (χ3n) is 2.42. The topological polar surface area (TPSA) is 46.5 Å². The van der Waals surface area contributed by atoms with E-state index in [9.17, 15) is 4.79 Å². The number of para-hydroxylation sites is 1. The Morgan fingerprint density at radius 3 is 2.22 bits per heavy atom. The van der Waals surface area contributed by atoms with Crippen LogP contribution in [0.5, 0.6) is 11.5 Å². The van der Waals surface area contributed by atoms with Gasteiger partial charge in [0.25, 0.3) is 0 Å². The molecule has 0 amide bonds. The van der Waals surface area contributed by atoms with Gasteiger partial charge in [0.1, 0.15) is 11.5 Å². The summed E-state index contributed by atoms with van der Waals surface area (Å²) in [6.07, 6.45) is 0. The van der Waals surface area contributed by atoms with Gasteiger partial charge in [-0.1, -0.05) is 18.2 Å². The Morgan fingerprint density at radius 2 is 1.67 bits per heavy atom. The van der Waals surface area contributed by atoms with Crippen molar-refractivity contribution in [2.75, 3.05) is 0 Å². The van der Waals surface area contributed by atoms with E-state index in [2.05, 4.69) is 0 Å². The van der Waals surface area contributed by atoms with E-state index in [1.165, 1.54) is 12.1 Å². The number of hydrogen-bond donors (Lipinski definition) is 1. The van der Waals surface area contributed by atoms with Crippen molar-refractivity contribution >= 4 is 43.7 Å². The Kier molecular flexibility index (Phi) is 5.66. The number of aromatic carboxylic acids is 1. The van der Waals surface area contributed by atoms with Crippen LogP contribution in [0.25, 0.3) is 0 Å². The van der Waals surface area contributed by atoms with E-state index < -0.39 is 5.97 Å². The molecule has 1 N–H and O–H groups in total. The van der Waals surface area contributed by atoms with Gasteiger partial charge in [0.2, 0.25) is 0 Å². The van der Waals surface area contributed by atoms with E-state index in [1.807, 2.05) is 31.2 Å². The molecule has 0 heterocycles. The number of ether oxygens (including phenoxy) is 1. The quantitative estimate of drug-likeness (QED) is 0.872. The predicted molar refractivity (Wildman–Crippen MR) is 73.2 cm³/mol. The van der Waals surface area contributed by atoms with Crippen LogP contribution >= 0.6 is 0 Å². The van der Waals surface area contributed by atoms with E-state index in [-0.39, 0.29) is 43.3 Å². The molecule has 0 atom stereocenters. The van der Waals surface area contributed by atoms with Gasteiger partial charge >= 0.3 is 43.7 Å². The van der Waals surface area contributed by atoms with Crippen LogP contribution in [-0.2, 0) is 0 Å². The molecule has 0 saturated carbocycles. The third kappa shape index (κ3) is 3.73. The molecule has 0 aliphatic rings. The van der Waals surface area contributed by atoms with Gasteiger partial charge < -0.3 is 9.84 Å². The monoisotopic (exact) mass is 270 g/mol. The second kappa shape index (κ2) is 6.78. The average molecular weight is 270 g/mol. The van der Waals surface area contributed by atoms with Crippen LogP contribution in [0.1, 0.15) is 15.9 Å². The zero-order valence-corrected chi connectivity index (χ0v) is 9.38. The van der Waals surface area contributed by atoms with Crippen LogP contribution in [0.2, 0.25) is 0 Å². The van der Waals surface area contributed by atoms with Gasteiger partial charge in [-0.2, -0.15) is 0 Å². The summed E-state index contributed by atoms with van der Waals surface area (Å²) in [6, 6.07) is 14.0. The average Bonchev–Trinajstić information content (AvgIpc) is 2.33. The van der Waals surface area contributed by atoms with Gasteiger partial charge in [0, 0.05) is 0 Å². The molecule has 0 radical (unpaired) electrons. The number of carboxylic acids is 1. The Bertz CT molecular complexity index is 535. The van der Waals surface area contributed by atoms with E-state index in [4.69, 9.17) is 9.84 Å². The van der Waals surface area contributed by atoms with E-state index in [1.54, 1.807) is 12.1 Å². The van der Waals surface area contributed by atoms with Crippen molar-refractivity contribution in [3.05, 3.63) is 59.7 Å². The fourth-order valence-corrected chi connectivity index (χ4v) is 1.46. The summed E-state index contributed by atoms with van der Waals surface area (Å²) < 4.78 is 5.65. The van der Waals surface area contributed by atoms with Crippen LogP contribution in [0.4, 0.5) is 0 Å². The number of carbonyl (C=O) groups is 1. The molecule has 2 rings (SSSR count). The van der Waals surface area contributed by atoms with Gasteiger partial charge in [-0.3, -0.25) is 0 Å². The first kappa shape index (κ1) is 15.0. The molecular weight excluding hydrogens is 256 g/mol. The number of rotatable bonds is 3. The first-order valence-electron chi connectivity index (χ1n) is 5.23. The minimum atomic E-state index is -0.938. The van der Waals surface area contributed by atoms with E-state index >= 15 is 0 Å². The summed E-state index contributed by atoms with van der Waals surface area (Å²) in [5.74, 6) is 0.465. The summed E-state index contributed by atoms with van der Waals surface area (Å²) in [6.45, 7) is 1.96. The summed E-state index contributed by atoms with van der Waals surface area (Å²) in [4.78, 5) is 10.7. The number of aryl methyl sites for hydroxylation is 1. The first-order chi connectivity index (χ1) is 8.16. The zero-order chi connectivity index (χ0) is 12.3. The Labute approximate surface area is 135 Å². The van der Waals surface area contributed by atoms with Crippen molar-refractivity contribution < 1.29 is 14.6 Å². The van der Waals surface area contributed by atoms with Gasteiger partial charge in [-0.25, -0.2) is 4.79 Å². The van der Waals surface area contributed by atoms with Crippen molar-refractivity contribution in [1.82, 2.24) is 0 Å². The summed E-state index contributed by atoms with van der Waals surface area (Å²) in [5, 5.41) is 8.77. The zero-order valence-electron chi connectivity index (χ0n) is 9.38. The van der Waals surface area contributed by atoms with Crippen LogP contribution < -0.4 is 4.74 Å². The van der Waals surface area contributed by atoms with Crippen molar-refractivity contribution in [3.63, 3.8) is 0 Å². The molecule has 0 aromatic heterocycles. The van der Waals surface area contributed by atoms with E-state index in [0.29, 0.717) is 5.75 Å². The normalized spacial score (nSPS) is 9.39. The molecule has 2 aromatic carbocycles. The Hall–Kier alpha value is -1.03. The summed E-state index contributed by atoms with van der Waals surface area (Å²) in [7, 11) is 0. The van der Waals surface area contributed by atoms with Gasteiger partial charge in [0.15, 0.2) is 0 Å². The summed E-state index contributed by atoms with van der Waals surface area (Å²) in [5.41, 5.74) is 1.29. The second-order valence-corrected chi connectivity index (χ2v) is 3.70. The fourth-order valence-electron chi connectivity index (χ4n) is 1.46. The van der Waals surface area contributed by atoms with Crippen molar-refractivity contribution in [3.8, 4) is 11.5 Å². The Morgan fingerprint density at radius 1 is 1.06 bits per heavy atom. The predicted octanol–water partition coefficient (Wildman–Crippen LogP) is 2.57. The van der Waals surface area contributed by atoms with Gasteiger partial charge in [0.05, 0.1) is 5.56 Å². The molecule has 0 aliphatic heterocycles. The maximum atomic E-state index is 10.7. The minimum absolute atomic E-state index is 0.